The molecular formula is C13H12BrO3P. The average Bonchev–Trinajstić information content (AvgIpc) is 2.40. The van der Waals surface area contributed by atoms with Crippen molar-refractivity contribution in [2.45, 2.75) is 5.33 Å². The Morgan fingerprint density at radius 1 is 1.06 bits per heavy atom. The van der Waals surface area contributed by atoms with Crippen molar-refractivity contribution in [2.24, 2.45) is 0 Å². The van der Waals surface area contributed by atoms with Crippen LogP contribution in [0.15, 0.2) is 54.6 Å². The van der Waals surface area contributed by atoms with Crippen molar-refractivity contribution in [1.29, 1.82) is 0 Å². The van der Waals surface area contributed by atoms with Gasteiger partial charge in [0, 0.05) is 10.9 Å². The van der Waals surface area contributed by atoms with Crippen molar-refractivity contribution in [3.63, 3.8) is 0 Å². The van der Waals surface area contributed by atoms with Crippen LogP contribution in [-0.4, -0.2) is 4.89 Å². The van der Waals surface area contributed by atoms with Crippen molar-refractivity contribution in [2.75, 3.05) is 0 Å². The molecule has 0 aromatic heterocycles. The van der Waals surface area contributed by atoms with Crippen molar-refractivity contribution in [1.82, 2.24) is 0 Å². The van der Waals surface area contributed by atoms with Gasteiger partial charge in [-0.2, -0.15) is 0 Å². The first-order valence-corrected chi connectivity index (χ1v) is 8.05. The average molecular weight is 327 g/mol. The zero-order valence-electron chi connectivity index (χ0n) is 9.49. The quantitative estimate of drug-likeness (QED) is 0.691. The van der Waals surface area contributed by atoms with Gasteiger partial charge in [0.2, 0.25) is 0 Å². The zero-order valence-corrected chi connectivity index (χ0v) is 12.0. The number of benzene rings is 2. The molecule has 1 N–H and O–H groups in total. The van der Waals surface area contributed by atoms with Crippen LogP contribution in [-0.2, 0) is 9.90 Å². The van der Waals surface area contributed by atoms with Gasteiger partial charge >= 0.3 is 7.60 Å². The summed E-state index contributed by atoms with van der Waals surface area (Å²) in [5, 5.41) is 0.854. The molecule has 0 spiro atoms. The highest BCUT2D eigenvalue weighted by molar-refractivity contribution is 9.08. The third kappa shape index (κ3) is 3.02. The molecule has 0 bridgehead atoms. The number of halogens is 1. The lowest BCUT2D eigenvalue weighted by Gasteiger charge is -2.15. The van der Waals surface area contributed by atoms with E-state index < -0.39 is 7.60 Å². The first-order valence-electron chi connectivity index (χ1n) is 5.35. The second-order valence-corrected chi connectivity index (χ2v) is 5.99. The van der Waals surface area contributed by atoms with E-state index in [0.717, 1.165) is 5.56 Å². The molecule has 0 aliphatic carbocycles. The first-order chi connectivity index (χ1) is 8.63. The molecule has 0 saturated heterocycles. The minimum absolute atomic E-state index is 0.286. The van der Waals surface area contributed by atoms with Gasteiger partial charge in [0.05, 0.1) is 5.30 Å². The number of hydrogen-bond acceptors (Lipinski definition) is 2. The molecular weight excluding hydrogens is 315 g/mol. The van der Waals surface area contributed by atoms with E-state index in [0.29, 0.717) is 11.1 Å². The minimum Gasteiger partial charge on any atom is -0.421 e. The summed E-state index contributed by atoms with van der Waals surface area (Å²) >= 11 is 3.32. The van der Waals surface area contributed by atoms with Crippen LogP contribution in [0, 0.1) is 0 Å². The van der Waals surface area contributed by atoms with Gasteiger partial charge in [-0.1, -0.05) is 52.3 Å². The van der Waals surface area contributed by atoms with E-state index in [9.17, 15) is 9.46 Å². The number of para-hydroxylation sites is 1. The molecule has 0 aliphatic heterocycles. The lowest BCUT2D eigenvalue weighted by atomic mass is 10.2. The highest BCUT2D eigenvalue weighted by atomic mass is 79.9. The van der Waals surface area contributed by atoms with Crippen LogP contribution in [0.3, 0.4) is 0 Å². The van der Waals surface area contributed by atoms with Gasteiger partial charge in [0.1, 0.15) is 5.75 Å². The van der Waals surface area contributed by atoms with Gasteiger partial charge in [-0.05, 0) is 18.2 Å². The lowest BCUT2D eigenvalue weighted by Crippen LogP contribution is -2.09. The van der Waals surface area contributed by atoms with E-state index in [1.165, 1.54) is 0 Å². The molecule has 2 aromatic carbocycles. The van der Waals surface area contributed by atoms with Crippen molar-refractivity contribution in [3.8, 4) is 5.75 Å². The summed E-state index contributed by atoms with van der Waals surface area (Å²) in [6.45, 7) is 0. The Bertz CT molecular complexity index is 571. The van der Waals surface area contributed by atoms with Gasteiger partial charge in [-0.15, -0.1) is 0 Å². The Labute approximate surface area is 114 Å². The lowest BCUT2D eigenvalue weighted by molar-refractivity contribution is 0.392. The number of hydrogen-bond donors (Lipinski definition) is 1. The summed E-state index contributed by atoms with van der Waals surface area (Å²) in [6.07, 6.45) is 0. The van der Waals surface area contributed by atoms with Crippen LogP contribution >= 0.6 is 23.5 Å². The second-order valence-electron chi connectivity index (χ2n) is 3.69. The van der Waals surface area contributed by atoms with E-state index in [1.807, 2.05) is 12.1 Å². The van der Waals surface area contributed by atoms with E-state index in [2.05, 4.69) is 15.9 Å². The fourth-order valence-electron chi connectivity index (χ4n) is 1.51. The molecule has 5 heteroatoms. The minimum atomic E-state index is -3.83. The predicted molar refractivity (Wildman–Crippen MR) is 75.6 cm³/mol. The Balaban J connectivity index is 2.31. The van der Waals surface area contributed by atoms with Crippen LogP contribution < -0.4 is 9.83 Å². The monoisotopic (exact) mass is 326 g/mol. The molecule has 0 aliphatic rings. The summed E-state index contributed by atoms with van der Waals surface area (Å²) in [6, 6.07) is 15.5. The molecule has 3 nitrogen and oxygen atoms in total. The zero-order chi connectivity index (χ0) is 13.0. The molecule has 1 unspecified atom stereocenters. The van der Waals surface area contributed by atoms with Crippen LogP contribution in [0.5, 0.6) is 5.75 Å². The Morgan fingerprint density at radius 2 is 1.67 bits per heavy atom. The molecule has 2 rings (SSSR count). The normalized spacial score (nSPS) is 13.9. The maximum atomic E-state index is 12.2. The predicted octanol–water partition coefficient (Wildman–Crippen LogP) is 3.47. The van der Waals surface area contributed by atoms with Gasteiger partial charge in [0.15, 0.2) is 0 Å². The molecule has 18 heavy (non-hydrogen) atoms. The van der Waals surface area contributed by atoms with Crippen LogP contribution in [0.1, 0.15) is 5.56 Å². The van der Waals surface area contributed by atoms with Crippen LogP contribution in [0.2, 0.25) is 0 Å². The van der Waals surface area contributed by atoms with E-state index in [-0.39, 0.29) is 5.30 Å². The maximum Gasteiger partial charge on any atom is 0.408 e. The fraction of sp³-hybridized carbons (Fsp3) is 0.0769. The summed E-state index contributed by atoms with van der Waals surface area (Å²) in [7, 11) is -3.83. The molecule has 0 fully saturated rings. The van der Waals surface area contributed by atoms with Crippen molar-refractivity contribution < 1.29 is 14.0 Å². The Morgan fingerprint density at radius 3 is 2.33 bits per heavy atom. The van der Waals surface area contributed by atoms with Crippen molar-refractivity contribution >= 4 is 28.8 Å². The van der Waals surface area contributed by atoms with Crippen LogP contribution in [0.4, 0.5) is 0 Å². The molecule has 0 radical (unpaired) electrons. The molecule has 94 valence electrons. The first kappa shape index (κ1) is 13.3. The molecule has 0 saturated carbocycles. The second kappa shape index (κ2) is 5.70. The summed E-state index contributed by atoms with van der Waals surface area (Å²) in [4.78, 5) is 9.98. The summed E-state index contributed by atoms with van der Waals surface area (Å²) < 4.78 is 17.5. The largest absolute Gasteiger partial charge is 0.421 e. The van der Waals surface area contributed by atoms with Crippen LogP contribution in [0.25, 0.3) is 0 Å². The smallest absolute Gasteiger partial charge is 0.408 e. The van der Waals surface area contributed by atoms with E-state index in [1.54, 1.807) is 42.5 Å². The highest BCUT2D eigenvalue weighted by Crippen LogP contribution is 2.42. The van der Waals surface area contributed by atoms with Gasteiger partial charge in [0.25, 0.3) is 0 Å². The van der Waals surface area contributed by atoms with Gasteiger partial charge in [-0.25, -0.2) is 4.57 Å². The van der Waals surface area contributed by atoms with Crippen molar-refractivity contribution in [3.05, 3.63) is 60.2 Å². The molecule has 1 atom stereocenters. The van der Waals surface area contributed by atoms with Gasteiger partial charge < -0.3 is 9.42 Å². The standard InChI is InChI=1S/C13H12BrO3P/c14-10-11-6-4-5-9-13(11)17-18(15,16)12-7-2-1-3-8-12/h1-9H,10H2,(H,15,16). The third-order valence-electron chi connectivity index (χ3n) is 2.42. The number of alkyl halides is 1. The summed E-state index contributed by atoms with van der Waals surface area (Å²) in [5.41, 5.74) is 0.836. The Hall–Kier alpha value is -1.09. The molecule has 0 amide bonds. The van der Waals surface area contributed by atoms with E-state index in [4.69, 9.17) is 4.52 Å². The maximum absolute atomic E-state index is 12.2. The number of rotatable bonds is 4. The Kier molecular flexibility index (Phi) is 4.23. The topological polar surface area (TPSA) is 46.5 Å². The highest BCUT2D eigenvalue weighted by Gasteiger charge is 2.24. The molecule has 0 heterocycles. The summed E-state index contributed by atoms with van der Waals surface area (Å²) in [5.74, 6) is 0.420. The van der Waals surface area contributed by atoms with Gasteiger partial charge in [-0.3, -0.25) is 0 Å². The third-order valence-corrected chi connectivity index (χ3v) is 4.42. The SMILES string of the molecule is O=P(O)(Oc1ccccc1CBr)c1ccccc1. The molecule has 2 aromatic rings. The van der Waals surface area contributed by atoms with E-state index >= 15 is 0 Å². The fourth-order valence-corrected chi connectivity index (χ4v) is 3.07.